The molecule has 0 amide bonds. The first-order valence-electron chi connectivity index (χ1n) is 9.74. The molecule has 9 heteroatoms. The molecule has 3 aromatic rings. The van der Waals surface area contributed by atoms with Crippen LogP contribution in [0.2, 0.25) is 5.02 Å². The number of imidazole rings is 1. The summed E-state index contributed by atoms with van der Waals surface area (Å²) in [7, 11) is 1.75. The van der Waals surface area contributed by atoms with Crippen LogP contribution in [0.4, 0.5) is 0 Å². The maximum Gasteiger partial charge on any atom is 0.244 e. The van der Waals surface area contributed by atoms with Crippen molar-refractivity contribution in [1.29, 1.82) is 0 Å². The third-order valence-corrected chi connectivity index (χ3v) is 6.49. The number of ether oxygens (including phenoxy) is 1. The molecule has 0 aliphatic carbocycles. The first kappa shape index (κ1) is 22.6. The van der Waals surface area contributed by atoms with Crippen LogP contribution in [0.3, 0.4) is 0 Å². The average Bonchev–Trinajstić information content (AvgIpc) is 3.05. The van der Waals surface area contributed by atoms with Crippen molar-refractivity contribution in [2.24, 2.45) is 0 Å². The largest absolute Gasteiger partial charge is 0.495 e. The average molecular weight is 451 g/mol. The smallest absolute Gasteiger partial charge is 0.244 e. The molecule has 162 valence electrons. The van der Waals surface area contributed by atoms with Gasteiger partial charge in [-0.2, -0.15) is 0 Å². The number of halogens is 1. The molecule has 1 aromatic heterocycles. The van der Waals surface area contributed by atoms with E-state index in [2.05, 4.69) is 14.2 Å². The van der Waals surface area contributed by atoms with Gasteiger partial charge in [0.2, 0.25) is 10.0 Å². The van der Waals surface area contributed by atoms with E-state index in [4.69, 9.17) is 21.3 Å². The molecular formula is C21H27ClN4O3S. The van der Waals surface area contributed by atoms with E-state index in [0.29, 0.717) is 11.4 Å². The van der Waals surface area contributed by atoms with Gasteiger partial charge in [0, 0.05) is 24.5 Å². The molecule has 0 saturated heterocycles. The highest BCUT2D eigenvalue weighted by atomic mass is 35.5. The second kappa shape index (κ2) is 9.78. The minimum Gasteiger partial charge on any atom is -0.495 e. The Kier molecular flexibility index (Phi) is 7.36. The van der Waals surface area contributed by atoms with Crippen molar-refractivity contribution < 1.29 is 13.2 Å². The predicted molar refractivity (Wildman–Crippen MR) is 120 cm³/mol. The number of hydrogen-bond donors (Lipinski definition) is 1. The van der Waals surface area contributed by atoms with Gasteiger partial charge in [0.1, 0.15) is 16.5 Å². The molecule has 1 N–H and O–H groups in total. The van der Waals surface area contributed by atoms with E-state index in [1.807, 2.05) is 38.4 Å². The highest BCUT2D eigenvalue weighted by Gasteiger charge is 2.20. The van der Waals surface area contributed by atoms with Gasteiger partial charge in [-0.25, -0.2) is 18.1 Å². The molecule has 0 radical (unpaired) electrons. The van der Waals surface area contributed by atoms with Gasteiger partial charge in [0.25, 0.3) is 0 Å². The normalized spacial score (nSPS) is 12.0. The minimum atomic E-state index is -3.77. The lowest BCUT2D eigenvalue weighted by atomic mass is 10.3. The maximum atomic E-state index is 12.8. The highest BCUT2D eigenvalue weighted by molar-refractivity contribution is 7.89. The first-order chi connectivity index (χ1) is 14.3. The molecule has 0 aliphatic heterocycles. The number of aromatic nitrogens is 2. The molecule has 0 aliphatic rings. The molecule has 0 unspecified atom stereocenters. The number of rotatable bonds is 10. The summed E-state index contributed by atoms with van der Waals surface area (Å²) in [5, 5.41) is 0.332. The van der Waals surface area contributed by atoms with Crippen molar-refractivity contribution in [2.45, 2.75) is 24.3 Å². The van der Waals surface area contributed by atoms with E-state index in [0.717, 1.165) is 36.4 Å². The van der Waals surface area contributed by atoms with E-state index in [1.165, 1.54) is 13.2 Å². The van der Waals surface area contributed by atoms with Gasteiger partial charge in [-0.3, -0.25) is 0 Å². The number of para-hydroxylation sites is 2. The van der Waals surface area contributed by atoms with E-state index in [1.54, 1.807) is 12.1 Å². The Hall–Kier alpha value is -2.13. The summed E-state index contributed by atoms with van der Waals surface area (Å²) in [5.41, 5.74) is 1.97. The second-order valence-corrected chi connectivity index (χ2v) is 9.44. The van der Waals surface area contributed by atoms with Crippen molar-refractivity contribution in [3.63, 3.8) is 0 Å². The van der Waals surface area contributed by atoms with E-state index >= 15 is 0 Å². The zero-order chi connectivity index (χ0) is 21.7. The molecule has 1 heterocycles. The van der Waals surface area contributed by atoms with Crippen molar-refractivity contribution in [1.82, 2.24) is 19.2 Å². The number of nitrogens with zero attached hydrogens (tertiary/aromatic N) is 3. The summed E-state index contributed by atoms with van der Waals surface area (Å²) in [5.74, 6) is 1.11. The fraction of sp³-hybridized carbons (Fsp3) is 0.381. The Morgan fingerprint density at radius 2 is 1.97 bits per heavy atom. The third-order valence-electron chi connectivity index (χ3n) is 4.78. The van der Waals surface area contributed by atoms with Crippen LogP contribution in [0.5, 0.6) is 5.75 Å². The zero-order valence-electron chi connectivity index (χ0n) is 17.4. The van der Waals surface area contributed by atoms with Gasteiger partial charge in [0.15, 0.2) is 0 Å². The molecule has 0 saturated carbocycles. The topological polar surface area (TPSA) is 76.5 Å². The number of sulfonamides is 1. The summed E-state index contributed by atoms with van der Waals surface area (Å²) in [6.45, 7) is 2.00. The SMILES string of the molecule is COc1ccc(Cl)cc1S(=O)(=O)NCCc1nc2ccccc2n1CCCN(C)C. The monoisotopic (exact) mass is 450 g/mol. The number of aryl methyl sites for hydroxylation is 1. The Balaban J connectivity index is 1.76. The molecular weight excluding hydrogens is 424 g/mol. The van der Waals surface area contributed by atoms with Gasteiger partial charge in [-0.1, -0.05) is 23.7 Å². The van der Waals surface area contributed by atoms with Crippen LogP contribution < -0.4 is 9.46 Å². The molecule has 2 aromatic carbocycles. The van der Waals surface area contributed by atoms with Crippen LogP contribution in [0, 0.1) is 0 Å². The van der Waals surface area contributed by atoms with Gasteiger partial charge >= 0.3 is 0 Å². The number of nitrogens with one attached hydrogen (secondary N) is 1. The van der Waals surface area contributed by atoms with Crippen molar-refractivity contribution >= 4 is 32.7 Å². The number of benzene rings is 2. The molecule has 0 atom stereocenters. The lowest BCUT2D eigenvalue weighted by molar-refractivity contribution is 0.386. The fourth-order valence-corrected chi connectivity index (χ4v) is 4.81. The van der Waals surface area contributed by atoms with Gasteiger partial charge in [-0.15, -0.1) is 0 Å². The highest BCUT2D eigenvalue weighted by Crippen LogP contribution is 2.27. The number of methoxy groups -OCH3 is 1. The fourth-order valence-electron chi connectivity index (χ4n) is 3.35. The van der Waals surface area contributed by atoms with E-state index < -0.39 is 10.0 Å². The summed E-state index contributed by atoms with van der Waals surface area (Å²) >= 11 is 5.98. The lowest BCUT2D eigenvalue weighted by Crippen LogP contribution is -2.27. The Morgan fingerprint density at radius 3 is 2.70 bits per heavy atom. The molecule has 30 heavy (non-hydrogen) atoms. The molecule has 7 nitrogen and oxygen atoms in total. The summed E-state index contributed by atoms with van der Waals surface area (Å²) < 4.78 is 35.5. The number of hydrogen-bond acceptors (Lipinski definition) is 5. The Bertz CT molecular complexity index is 1110. The summed E-state index contributed by atoms with van der Waals surface area (Å²) in [6, 6.07) is 12.5. The van der Waals surface area contributed by atoms with Crippen LogP contribution in [0.1, 0.15) is 12.2 Å². The number of fused-ring (bicyclic) bond motifs is 1. The van der Waals surface area contributed by atoms with Crippen LogP contribution in [-0.2, 0) is 23.0 Å². The van der Waals surface area contributed by atoms with Crippen LogP contribution >= 0.6 is 11.6 Å². The van der Waals surface area contributed by atoms with Crippen LogP contribution in [0.15, 0.2) is 47.4 Å². The van der Waals surface area contributed by atoms with Crippen molar-refractivity contribution in [2.75, 3.05) is 34.3 Å². The second-order valence-electron chi connectivity index (χ2n) is 7.27. The molecule has 0 spiro atoms. The summed E-state index contributed by atoms with van der Waals surface area (Å²) in [6.07, 6.45) is 1.45. The Labute approximate surface area is 182 Å². The van der Waals surface area contributed by atoms with Crippen LogP contribution in [-0.4, -0.2) is 57.2 Å². The molecule has 3 rings (SSSR count). The van der Waals surface area contributed by atoms with E-state index in [-0.39, 0.29) is 17.2 Å². The zero-order valence-corrected chi connectivity index (χ0v) is 19.0. The van der Waals surface area contributed by atoms with Crippen molar-refractivity contribution in [3.8, 4) is 5.75 Å². The lowest BCUT2D eigenvalue weighted by Gasteiger charge is -2.13. The van der Waals surface area contributed by atoms with E-state index in [9.17, 15) is 8.42 Å². The van der Waals surface area contributed by atoms with Crippen LogP contribution in [0.25, 0.3) is 11.0 Å². The van der Waals surface area contributed by atoms with Gasteiger partial charge in [-0.05, 0) is 57.4 Å². The summed E-state index contributed by atoms with van der Waals surface area (Å²) in [4.78, 5) is 6.89. The standard InChI is InChI=1S/C21H27ClN4O3S/c1-25(2)13-6-14-26-18-8-5-4-7-17(18)24-21(26)11-12-23-30(27,28)20-15-16(22)9-10-19(20)29-3/h4-5,7-10,15,23H,6,11-14H2,1-3H3. The Morgan fingerprint density at radius 1 is 1.20 bits per heavy atom. The quantitative estimate of drug-likeness (QED) is 0.513. The first-order valence-corrected chi connectivity index (χ1v) is 11.6. The maximum absolute atomic E-state index is 12.8. The van der Waals surface area contributed by atoms with Gasteiger partial charge in [0.05, 0.1) is 18.1 Å². The van der Waals surface area contributed by atoms with Gasteiger partial charge < -0.3 is 14.2 Å². The minimum absolute atomic E-state index is 0.0250. The third kappa shape index (κ3) is 5.31. The van der Waals surface area contributed by atoms with Crippen molar-refractivity contribution in [3.05, 3.63) is 53.3 Å². The molecule has 0 fully saturated rings. The molecule has 0 bridgehead atoms. The predicted octanol–water partition coefficient (Wildman–Crippen LogP) is 3.17.